The lowest BCUT2D eigenvalue weighted by molar-refractivity contribution is -0.121. The topological polar surface area (TPSA) is 20.3 Å². The number of hydrogen-bond acceptors (Lipinski definition) is 1. The van der Waals surface area contributed by atoms with Gasteiger partial charge in [-0.25, -0.2) is 0 Å². The maximum absolute atomic E-state index is 11.9. The third kappa shape index (κ3) is 1.56. The Morgan fingerprint density at radius 1 is 1.40 bits per heavy atom. The zero-order valence-corrected chi connectivity index (χ0v) is 9.16. The number of anilines is 1. The second-order valence-corrected chi connectivity index (χ2v) is 4.12. The molecule has 1 heterocycles. The van der Waals surface area contributed by atoms with Crippen molar-refractivity contribution in [1.82, 2.24) is 0 Å². The van der Waals surface area contributed by atoms with Crippen molar-refractivity contribution in [2.75, 3.05) is 11.9 Å². The number of fused-ring (bicyclic) bond motifs is 1. The molecule has 1 aromatic rings. The van der Waals surface area contributed by atoms with E-state index in [4.69, 9.17) is 0 Å². The summed E-state index contributed by atoms with van der Waals surface area (Å²) >= 11 is 0. The van der Waals surface area contributed by atoms with Gasteiger partial charge in [0.1, 0.15) is 0 Å². The fourth-order valence-corrected chi connectivity index (χ4v) is 2.08. The van der Waals surface area contributed by atoms with Crippen LogP contribution in [0.3, 0.4) is 0 Å². The first kappa shape index (κ1) is 9.97. The lowest BCUT2D eigenvalue weighted by Gasteiger charge is -2.18. The van der Waals surface area contributed by atoms with Gasteiger partial charge in [0.05, 0.1) is 5.69 Å². The Morgan fingerprint density at radius 2 is 2.07 bits per heavy atom. The summed E-state index contributed by atoms with van der Waals surface area (Å²) < 4.78 is 0. The summed E-state index contributed by atoms with van der Waals surface area (Å²) in [7, 11) is 1.83. The number of carbonyl (C=O) groups is 1. The summed E-state index contributed by atoms with van der Waals surface area (Å²) in [5, 5.41) is 0. The molecule has 0 unspecified atom stereocenters. The van der Waals surface area contributed by atoms with Crippen LogP contribution in [0.15, 0.2) is 30.8 Å². The van der Waals surface area contributed by atoms with Gasteiger partial charge in [-0.2, -0.15) is 0 Å². The smallest absolute Gasteiger partial charge is 0.229 e. The van der Waals surface area contributed by atoms with Crippen LogP contribution in [0.4, 0.5) is 5.69 Å². The van der Waals surface area contributed by atoms with Gasteiger partial charge in [0.25, 0.3) is 0 Å². The minimum absolute atomic E-state index is 0.0231. The van der Waals surface area contributed by atoms with E-state index < -0.39 is 0 Å². The van der Waals surface area contributed by atoms with Gasteiger partial charge in [0.15, 0.2) is 0 Å². The van der Waals surface area contributed by atoms with E-state index in [1.165, 1.54) is 0 Å². The van der Waals surface area contributed by atoms with E-state index in [-0.39, 0.29) is 11.8 Å². The van der Waals surface area contributed by atoms with Gasteiger partial charge in [-0.05, 0) is 18.1 Å². The van der Waals surface area contributed by atoms with Crippen LogP contribution >= 0.6 is 0 Å². The molecule has 15 heavy (non-hydrogen) atoms. The number of allylic oxidation sites excluding steroid dienone is 1. The summed E-state index contributed by atoms with van der Waals surface area (Å²) in [6.07, 6.45) is 0.750. The highest BCUT2D eigenvalue weighted by molar-refractivity contribution is 6.00. The lowest BCUT2D eigenvalue weighted by Crippen LogP contribution is -2.30. The third-order valence-electron chi connectivity index (χ3n) is 2.95. The average molecular weight is 201 g/mol. The van der Waals surface area contributed by atoms with Gasteiger partial charge in [0.2, 0.25) is 5.91 Å². The Balaban J connectivity index is 2.57. The van der Waals surface area contributed by atoms with Crippen LogP contribution in [0.5, 0.6) is 0 Å². The Labute approximate surface area is 90.2 Å². The van der Waals surface area contributed by atoms with Crippen LogP contribution in [0.1, 0.15) is 18.9 Å². The molecule has 0 N–H and O–H groups in total. The van der Waals surface area contributed by atoms with Gasteiger partial charge >= 0.3 is 0 Å². The minimum atomic E-state index is 0.0231. The zero-order valence-electron chi connectivity index (χ0n) is 9.16. The number of para-hydroxylation sites is 1. The SMILES string of the molecule is C=C1C[C@H](C)C(=O)N(C)c2ccccc21. The second-order valence-electron chi connectivity index (χ2n) is 4.12. The molecule has 0 radical (unpaired) electrons. The maximum atomic E-state index is 11.9. The summed E-state index contributed by atoms with van der Waals surface area (Å²) in [6.45, 7) is 6.01. The highest BCUT2D eigenvalue weighted by Crippen LogP contribution is 2.34. The molecule has 0 bridgehead atoms. The van der Waals surface area contributed by atoms with Gasteiger partial charge in [-0.1, -0.05) is 31.7 Å². The molecule has 2 rings (SSSR count). The van der Waals surface area contributed by atoms with Crippen LogP contribution in [0.2, 0.25) is 0 Å². The Morgan fingerprint density at radius 3 is 2.80 bits per heavy atom. The standard InChI is InChI=1S/C13H15NO/c1-9-8-10(2)13(15)14(3)12-7-5-4-6-11(9)12/h4-7,10H,1,8H2,2-3H3/t10-/m0/s1. The molecule has 2 nitrogen and oxygen atoms in total. The van der Waals surface area contributed by atoms with Crippen LogP contribution in [0.25, 0.3) is 5.57 Å². The number of carbonyl (C=O) groups excluding carboxylic acids is 1. The van der Waals surface area contributed by atoms with E-state index in [2.05, 4.69) is 6.58 Å². The minimum Gasteiger partial charge on any atom is -0.315 e. The summed E-state index contributed by atoms with van der Waals surface area (Å²) in [5.41, 5.74) is 3.12. The first-order chi connectivity index (χ1) is 7.11. The molecule has 0 aliphatic carbocycles. The van der Waals surface area contributed by atoms with E-state index in [9.17, 15) is 4.79 Å². The number of benzene rings is 1. The zero-order chi connectivity index (χ0) is 11.0. The van der Waals surface area contributed by atoms with Gasteiger partial charge in [-0.3, -0.25) is 4.79 Å². The van der Waals surface area contributed by atoms with Crippen LogP contribution in [-0.4, -0.2) is 13.0 Å². The quantitative estimate of drug-likeness (QED) is 0.632. The van der Waals surface area contributed by atoms with Crippen molar-refractivity contribution in [3.8, 4) is 0 Å². The monoisotopic (exact) mass is 201 g/mol. The van der Waals surface area contributed by atoms with Crippen molar-refractivity contribution >= 4 is 17.2 Å². The second kappa shape index (κ2) is 3.54. The van der Waals surface area contributed by atoms with Crippen molar-refractivity contribution < 1.29 is 4.79 Å². The number of nitrogens with zero attached hydrogens (tertiary/aromatic N) is 1. The Kier molecular flexibility index (Phi) is 2.35. The molecule has 78 valence electrons. The third-order valence-corrected chi connectivity index (χ3v) is 2.95. The van der Waals surface area contributed by atoms with Crippen molar-refractivity contribution in [2.24, 2.45) is 5.92 Å². The molecular formula is C13H15NO. The summed E-state index contributed by atoms with van der Waals surface area (Å²) in [6, 6.07) is 7.93. The Hall–Kier alpha value is -1.57. The van der Waals surface area contributed by atoms with Gasteiger partial charge in [-0.15, -0.1) is 0 Å². The van der Waals surface area contributed by atoms with E-state index in [0.29, 0.717) is 0 Å². The van der Waals surface area contributed by atoms with Gasteiger partial charge < -0.3 is 4.90 Å². The van der Waals surface area contributed by atoms with E-state index in [0.717, 1.165) is 23.2 Å². The number of rotatable bonds is 0. The summed E-state index contributed by atoms with van der Waals surface area (Å²) in [4.78, 5) is 13.7. The molecule has 0 aromatic heterocycles. The first-order valence-electron chi connectivity index (χ1n) is 5.16. The molecule has 0 saturated carbocycles. The van der Waals surface area contributed by atoms with Crippen molar-refractivity contribution in [3.63, 3.8) is 0 Å². The molecule has 2 heteroatoms. The highest BCUT2D eigenvalue weighted by atomic mass is 16.2. The molecule has 1 aliphatic rings. The largest absolute Gasteiger partial charge is 0.315 e. The predicted octanol–water partition coefficient (Wildman–Crippen LogP) is 2.70. The van der Waals surface area contributed by atoms with E-state index in [1.54, 1.807) is 4.90 Å². The number of amides is 1. The van der Waals surface area contributed by atoms with Crippen LogP contribution in [0, 0.1) is 5.92 Å². The fraction of sp³-hybridized carbons (Fsp3) is 0.308. The van der Waals surface area contributed by atoms with Crippen LogP contribution in [-0.2, 0) is 4.79 Å². The van der Waals surface area contributed by atoms with Crippen molar-refractivity contribution in [2.45, 2.75) is 13.3 Å². The predicted molar refractivity (Wildman–Crippen MR) is 62.7 cm³/mol. The lowest BCUT2D eigenvalue weighted by atomic mass is 9.98. The maximum Gasteiger partial charge on any atom is 0.229 e. The molecule has 1 aromatic carbocycles. The Bertz CT molecular complexity index is 422. The van der Waals surface area contributed by atoms with Crippen molar-refractivity contribution in [3.05, 3.63) is 36.4 Å². The average Bonchev–Trinajstić information content (AvgIpc) is 2.33. The molecule has 0 spiro atoms. The van der Waals surface area contributed by atoms with Crippen molar-refractivity contribution in [1.29, 1.82) is 0 Å². The fourth-order valence-electron chi connectivity index (χ4n) is 2.08. The molecule has 1 amide bonds. The number of hydrogen-bond donors (Lipinski definition) is 0. The normalized spacial score (nSPS) is 21.2. The molecule has 1 atom stereocenters. The molecule has 1 aliphatic heterocycles. The summed E-state index contributed by atoms with van der Waals surface area (Å²) in [5.74, 6) is 0.191. The van der Waals surface area contributed by atoms with E-state index in [1.807, 2.05) is 38.2 Å². The first-order valence-corrected chi connectivity index (χ1v) is 5.16. The molecule has 0 saturated heterocycles. The van der Waals surface area contributed by atoms with Crippen LogP contribution < -0.4 is 4.90 Å². The molecule has 0 fully saturated rings. The highest BCUT2D eigenvalue weighted by Gasteiger charge is 2.25. The molecular weight excluding hydrogens is 186 g/mol. The van der Waals surface area contributed by atoms with E-state index >= 15 is 0 Å². The van der Waals surface area contributed by atoms with Gasteiger partial charge in [0, 0.05) is 18.5 Å².